The average Bonchev–Trinajstić information content (AvgIpc) is 3.40. The first-order chi connectivity index (χ1) is 11.6. The summed E-state index contributed by atoms with van der Waals surface area (Å²) < 4.78 is 0. The average molecular weight is 317 g/mol. The third kappa shape index (κ3) is 2.48. The Kier molecular flexibility index (Phi) is 3.58. The van der Waals surface area contributed by atoms with E-state index in [0.717, 1.165) is 18.8 Å². The summed E-state index contributed by atoms with van der Waals surface area (Å²) in [5.41, 5.74) is 6.52. The lowest BCUT2D eigenvalue weighted by Gasteiger charge is -2.35. The molecule has 1 saturated carbocycles. The predicted molar refractivity (Wildman–Crippen MR) is 97.5 cm³/mol. The van der Waals surface area contributed by atoms with Gasteiger partial charge in [-0.3, -0.25) is 4.90 Å². The molecule has 2 aromatic rings. The highest BCUT2D eigenvalue weighted by Crippen LogP contribution is 2.52. The van der Waals surface area contributed by atoms with Crippen molar-refractivity contribution in [3.63, 3.8) is 0 Å². The largest absolute Gasteiger partial charge is 0.345 e. The predicted octanol–water partition coefficient (Wildman–Crippen LogP) is 4.19. The van der Waals surface area contributed by atoms with E-state index in [4.69, 9.17) is 5.26 Å². The van der Waals surface area contributed by atoms with E-state index in [9.17, 15) is 0 Å². The monoisotopic (exact) mass is 317 g/mol. The number of likely N-dealkylation sites (N-methyl/N-ethyl adjacent to an activating group) is 1. The lowest BCUT2D eigenvalue weighted by molar-refractivity contribution is 0.233. The SMILES string of the molecule is CCN1Cc2cc(N(C)c3ccc(C#N)cc3)ccc2C2(CC2)C1. The standard InChI is InChI=1S/C21H23N3/c1-3-24-14-17-12-19(8-9-20(17)21(15-24)10-11-21)23(2)18-6-4-16(13-22)5-7-18/h4-9,12H,3,10-11,14-15H2,1-2H3. The molecule has 2 aliphatic rings. The van der Waals surface area contributed by atoms with Crippen LogP contribution in [0, 0.1) is 11.3 Å². The van der Waals surface area contributed by atoms with Gasteiger partial charge in [0.25, 0.3) is 0 Å². The number of nitriles is 1. The van der Waals surface area contributed by atoms with E-state index in [0.29, 0.717) is 11.0 Å². The van der Waals surface area contributed by atoms with Crippen molar-refractivity contribution in [2.24, 2.45) is 0 Å². The van der Waals surface area contributed by atoms with Gasteiger partial charge in [-0.25, -0.2) is 0 Å². The Morgan fingerprint density at radius 3 is 2.46 bits per heavy atom. The number of hydrogen-bond acceptors (Lipinski definition) is 3. The Bertz CT molecular complexity index is 797. The van der Waals surface area contributed by atoms with Crippen molar-refractivity contribution in [3.05, 3.63) is 59.2 Å². The molecule has 1 spiro atoms. The topological polar surface area (TPSA) is 30.3 Å². The first-order valence-electron chi connectivity index (χ1n) is 8.75. The molecular formula is C21H23N3. The Hall–Kier alpha value is -2.31. The van der Waals surface area contributed by atoms with Crippen molar-refractivity contribution in [1.82, 2.24) is 4.90 Å². The van der Waals surface area contributed by atoms with Crippen molar-refractivity contribution in [2.45, 2.75) is 31.7 Å². The number of nitrogens with zero attached hydrogens (tertiary/aromatic N) is 3. The number of fused-ring (bicyclic) bond motifs is 2. The molecule has 0 amide bonds. The number of anilines is 2. The van der Waals surface area contributed by atoms with Gasteiger partial charge in [-0.2, -0.15) is 5.26 Å². The fourth-order valence-corrected chi connectivity index (χ4v) is 3.96. The van der Waals surface area contributed by atoms with Crippen LogP contribution in [0.3, 0.4) is 0 Å². The smallest absolute Gasteiger partial charge is 0.0991 e. The first-order valence-corrected chi connectivity index (χ1v) is 8.75. The van der Waals surface area contributed by atoms with E-state index in [-0.39, 0.29) is 0 Å². The van der Waals surface area contributed by atoms with Crippen LogP contribution in [-0.2, 0) is 12.0 Å². The Morgan fingerprint density at radius 1 is 1.12 bits per heavy atom. The Morgan fingerprint density at radius 2 is 1.83 bits per heavy atom. The number of benzene rings is 2. The lowest BCUT2D eigenvalue weighted by Crippen LogP contribution is -2.37. The zero-order valence-corrected chi connectivity index (χ0v) is 14.4. The van der Waals surface area contributed by atoms with Crippen LogP contribution in [0.1, 0.15) is 36.5 Å². The summed E-state index contributed by atoms with van der Waals surface area (Å²) in [5.74, 6) is 0. The summed E-state index contributed by atoms with van der Waals surface area (Å²) in [6.45, 7) is 5.66. The third-order valence-electron chi connectivity index (χ3n) is 5.65. The van der Waals surface area contributed by atoms with Crippen LogP contribution in [0.5, 0.6) is 0 Å². The van der Waals surface area contributed by atoms with Crippen LogP contribution >= 0.6 is 0 Å². The molecule has 0 N–H and O–H groups in total. The van der Waals surface area contributed by atoms with Gasteiger partial charge in [-0.1, -0.05) is 13.0 Å². The molecule has 122 valence electrons. The normalized spacial score (nSPS) is 18.0. The molecule has 0 atom stereocenters. The Labute approximate surface area is 144 Å². The van der Waals surface area contributed by atoms with Crippen LogP contribution in [0.4, 0.5) is 11.4 Å². The van der Waals surface area contributed by atoms with E-state index in [1.807, 2.05) is 24.3 Å². The molecule has 4 rings (SSSR count). The second kappa shape index (κ2) is 5.65. The van der Waals surface area contributed by atoms with Crippen molar-refractivity contribution in [3.8, 4) is 6.07 Å². The number of rotatable bonds is 3. The summed E-state index contributed by atoms with van der Waals surface area (Å²) in [6, 6.07) is 16.9. The van der Waals surface area contributed by atoms with Crippen LogP contribution in [0.25, 0.3) is 0 Å². The van der Waals surface area contributed by atoms with Crippen LogP contribution in [0.15, 0.2) is 42.5 Å². The summed E-state index contributed by atoms with van der Waals surface area (Å²) >= 11 is 0. The second-order valence-corrected chi connectivity index (χ2v) is 7.14. The molecule has 0 unspecified atom stereocenters. The molecule has 1 aliphatic carbocycles. The third-order valence-corrected chi connectivity index (χ3v) is 5.65. The molecule has 0 aromatic heterocycles. The summed E-state index contributed by atoms with van der Waals surface area (Å²) in [7, 11) is 2.09. The second-order valence-electron chi connectivity index (χ2n) is 7.14. The quantitative estimate of drug-likeness (QED) is 0.850. The molecule has 0 bridgehead atoms. The van der Waals surface area contributed by atoms with Crippen LogP contribution in [0.2, 0.25) is 0 Å². The maximum absolute atomic E-state index is 8.95. The highest BCUT2D eigenvalue weighted by atomic mass is 15.1. The van der Waals surface area contributed by atoms with E-state index >= 15 is 0 Å². The maximum Gasteiger partial charge on any atom is 0.0991 e. The van der Waals surface area contributed by atoms with Gasteiger partial charge >= 0.3 is 0 Å². The molecule has 2 aromatic carbocycles. The van der Waals surface area contributed by atoms with Crippen molar-refractivity contribution >= 4 is 11.4 Å². The highest BCUT2D eigenvalue weighted by molar-refractivity contribution is 5.65. The van der Waals surface area contributed by atoms with E-state index in [1.165, 1.54) is 30.6 Å². The van der Waals surface area contributed by atoms with E-state index in [1.54, 1.807) is 5.56 Å². The molecule has 24 heavy (non-hydrogen) atoms. The minimum absolute atomic E-state index is 0.440. The molecule has 1 heterocycles. The molecule has 1 aliphatic heterocycles. The van der Waals surface area contributed by atoms with E-state index in [2.05, 4.69) is 48.0 Å². The van der Waals surface area contributed by atoms with Gasteiger partial charge in [-0.05, 0) is 66.9 Å². The molecule has 0 saturated heterocycles. The maximum atomic E-state index is 8.95. The zero-order chi connectivity index (χ0) is 16.7. The first kappa shape index (κ1) is 15.2. The minimum atomic E-state index is 0.440. The fraction of sp³-hybridized carbons (Fsp3) is 0.381. The van der Waals surface area contributed by atoms with Crippen molar-refractivity contribution < 1.29 is 0 Å². The zero-order valence-electron chi connectivity index (χ0n) is 14.4. The van der Waals surface area contributed by atoms with Gasteiger partial charge < -0.3 is 4.90 Å². The van der Waals surface area contributed by atoms with Gasteiger partial charge in [0.15, 0.2) is 0 Å². The van der Waals surface area contributed by atoms with Gasteiger partial charge in [-0.15, -0.1) is 0 Å². The van der Waals surface area contributed by atoms with Crippen molar-refractivity contribution in [1.29, 1.82) is 5.26 Å². The van der Waals surface area contributed by atoms with E-state index < -0.39 is 0 Å². The van der Waals surface area contributed by atoms with Crippen LogP contribution < -0.4 is 4.90 Å². The summed E-state index contributed by atoms with van der Waals surface area (Å²) in [5, 5.41) is 8.95. The molecule has 1 fully saturated rings. The summed E-state index contributed by atoms with van der Waals surface area (Å²) in [6.07, 6.45) is 2.67. The van der Waals surface area contributed by atoms with Gasteiger partial charge in [0.05, 0.1) is 11.6 Å². The Balaban J connectivity index is 1.66. The molecular weight excluding hydrogens is 294 g/mol. The summed E-state index contributed by atoms with van der Waals surface area (Å²) in [4.78, 5) is 4.77. The lowest BCUT2D eigenvalue weighted by atomic mass is 9.86. The van der Waals surface area contributed by atoms with Crippen LogP contribution in [-0.4, -0.2) is 25.0 Å². The van der Waals surface area contributed by atoms with Crippen molar-refractivity contribution in [2.75, 3.05) is 25.0 Å². The highest BCUT2D eigenvalue weighted by Gasteiger charge is 2.48. The van der Waals surface area contributed by atoms with Gasteiger partial charge in [0, 0.05) is 36.9 Å². The van der Waals surface area contributed by atoms with Gasteiger partial charge in [0.1, 0.15) is 0 Å². The minimum Gasteiger partial charge on any atom is -0.345 e. The molecule has 3 heteroatoms. The van der Waals surface area contributed by atoms with Gasteiger partial charge in [0.2, 0.25) is 0 Å². The number of hydrogen-bond donors (Lipinski definition) is 0. The molecule has 3 nitrogen and oxygen atoms in total. The fourth-order valence-electron chi connectivity index (χ4n) is 3.96. The molecule has 0 radical (unpaired) electrons.